The van der Waals surface area contributed by atoms with Gasteiger partial charge in [-0.25, -0.2) is 9.97 Å². The van der Waals surface area contributed by atoms with Crippen LogP contribution in [0.25, 0.3) is 10.9 Å². The van der Waals surface area contributed by atoms with E-state index in [0.29, 0.717) is 11.9 Å². The summed E-state index contributed by atoms with van der Waals surface area (Å²) in [5.74, 6) is 0.652. The number of rotatable bonds is 4. The van der Waals surface area contributed by atoms with E-state index in [1.807, 2.05) is 19.9 Å². The SMILES string of the molecule is CC(C)Oc1ncnc2ccc(N3CCN(C4CCCC4O)CC3)cc12. The first kappa shape index (κ1) is 17.5. The fraction of sp³-hybridized carbons (Fsp3) is 0.600. The molecule has 2 heterocycles. The molecule has 0 amide bonds. The Kier molecular flexibility index (Phi) is 4.96. The molecule has 2 aromatic rings. The monoisotopic (exact) mass is 356 g/mol. The zero-order chi connectivity index (χ0) is 18.1. The third kappa shape index (κ3) is 3.48. The standard InChI is InChI=1S/C20H28N4O2/c1-14(2)26-20-16-12-15(6-7-17(16)21-13-22-20)23-8-10-24(11-9-23)18-4-3-5-19(18)25/h6-7,12-14,18-19,25H,3-5,8-11H2,1-2H3. The van der Waals surface area contributed by atoms with E-state index in [1.165, 1.54) is 5.69 Å². The Labute approximate surface area is 154 Å². The number of anilines is 1. The number of ether oxygens (including phenoxy) is 1. The van der Waals surface area contributed by atoms with Crippen LogP contribution in [0.5, 0.6) is 5.88 Å². The molecule has 4 rings (SSSR count). The zero-order valence-electron chi connectivity index (χ0n) is 15.6. The first-order valence-electron chi connectivity index (χ1n) is 9.70. The van der Waals surface area contributed by atoms with Gasteiger partial charge in [0.15, 0.2) is 0 Å². The van der Waals surface area contributed by atoms with Crippen LogP contribution in [0.15, 0.2) is 24.5 Å². The number of fused-ring (bicyclic) bond motifs is 1. The largest absolute Gasteiger partial charge is 0.474 e. The van der Waals surface area contributed by atoms with Gasteiger partial charge in [-0.1, -0.05) is 0 Å². The van der Waals surface area contributed by atoms with E-state index in [4.69, 9.17) is 4.74 Å². The molecule has 6 nitrogen and oxygen atoms in total. The number of aliphatic hydroxyl groups excluding tert-OH is 1. The van der Waals surface area contributed by atoms with Crippen LogP contribution in [0.3, 0.4) is 0 Å². The van der Waals surface area contributed by atoms with Crippen molar-refractivity contribution < 1.29 is 9.84 Å². The molecule has 2 fully saturated rings. The van der Waals surface area contributed by atoms with Crippen molar-refractivity contribution in [1.29, 1.82) is 0 Å². The molecule has 0 spiro atoms. The first-order chi connectivity index (χ1) is 12.6. The summed E-state index contributed by atoms with van der Waals surface area (Å²) in [5.41, 5.74) is 2.10. The van der Waals surface area contributed by atoms with E-state index < -0.39 is 0 Å². The van der Waals surface area contributed by atoms with Gasteiger partial charge in [0.05, 0.1) is 23.1 Å². The van der Waals surface area contributed by atoms with Gasteiger partial charge in [0.25, 0.3) is 0 Å². The Bertz CT molecular complexity index is 759. The van der Waals surface area contributed by atoms with Gasteiger partial charge in [-0.3, -0.25) is 4.90 Å². The number of piperazine rings is 1. The van der Waals surface area contributed by atoms with E-state index in [0.717, 1.165) is 56.3 Å². The van der Waals surface area contributed by atoms with E-state index >= 15 is 0 Å². The second kappa shape index (κ2) is 7.37. The molecular weight excluding hydrogens is 328 g/mol. The minimum atomic E-state index is -0.143. The molecule has 1 aliphatic heterocycles. The smallest absolute Gasteiger partial charge is 0.224 e. The highest BCUT2D eigenvalue weighted by Gasteiger charge is 2.32. The highest BCUT2D eigenvalue weighted by molar-refractivity contribution is 5.86. The summed E-state index contributed by atoms with van der Waals surface area (Å²) >= 11 is 0. The predicted molar refractivity (Wildman–Crippen MR) is 103 cm³/mol. The Morgan fingerprint density at radius 2 is 1.92 bits per heavy atom. The van der Waals surface area contributed by atoms with Gasteiger partial charge in [-0.2, -0.15) is 0 Å². The maximum absolute atomic E-state index is 10.2. The minimum Gasteiger partial charge on any atom is -0.474 e. The van der Waals surface area contributed by atoms with E-state index in [9.17, 15) is 5.11 Å². The minimum absolute atomic E-state index is 0.0816. The molecule has 0 bridgehead atoms. The number of hydrogen-bond acceptors (Lipinski definition) is 6. The lowest BCUT2D eigenvalue weighted by Gasteiger charge is -2.40. The van der Waals surface area contributed by atoms with E-state index in [1.54, 1.807) is 6.33 Å². The van der Waals surface area contributed by atoms with Crippen molar-refractivity contribution in [3.05, 3.63) is 24.5 Å². The van der Waals surface area contributed by atoms with E-state index in [2.05, 4.69) is 31.9 Å². The normalized spacial score (nSPS) is 24.5. The lowest BCUT2D eigenvalue weighted by atomic mass is 10.1. The number of aromatic nitrogens is 2. The van der Waals surface area contributed by atoms with Gasteiger partial charge in [0, 0.05) is 37.9 Å². The maximum Gasteiger partial charge on any atom is 0.224 e. The van der Waals surface area contributed by atoms with Crippen LogP contribution in [-0.2, 0) is 0 Å². The van der Waals surface area contributed by atoms with Gasteiger partial charge in [0.1, 0.15) is 6.33 Å². The molecule has 2 aliphatic rings. The Balaban J connectivity index is 1.50. The fourth-order valence-corrected chi connectivity index (χ4v) is 4.19. The molecule has 2 unspecified atom stereocenters. The third-order valence-electron chi connectivity index (χ3n) is 5.52. The van der Waals surface area contributed by atoms with Crippen LogP contribution in [-0.4, -0.2) is 64.4 Å². The molecule has 1 saturated heterocycles. The van der Waals surface area contributed by atoms with E-state index in [-0.39, 0.29) is 12.2 Å². The molecule has 26 heavy (non-hydrogen) atoms. The van der Waals surface area contributed by atoms with Crippen LogP contribution in [0.1, 0.15) is 33.1 Å². The number of nitrogens with zero attached hydrogens (tertiary/aromatic N) is 4. The highest BCUT2D eigenvalue weighted by Crippen LogP contribution is 2.29. The maximum atomic E-state index is 10.2. The van der Waals surface area contributed by atoms with Crippen LogP contribution in [0, 0.1) is 0 Å². The summed E-state index contributed by atoms with van der Waals surface area (Å²) in [6, 6.07) is 6.68. The van der Waals surface area contributed by atoms with Crippen molar-refractivity contribution in [3.8, 4) is 5.88 Å². The molecule has 1 aromatic heterocycles. The van der Waals surface area contributed by atoms with Gasteiger partial charge >= 0.3 is 0 Å². The quantitative estimate of drug-likeness (QED) is 0.908. The van der Waals surface area contributed by atoms with Crippen LogP contribution < -0.4 is 9.64 Å². The average Bonchev–Trinajstić information content (AvgIpc) is 3.07. The topological polar surface area (TPSA) is 61.7 Å². The summed E-state index contributed by atoms with van der Waals surface area (Å²) in [4.78, 5) is 13.6. The average molecular weight is 356 g/mol. The first-order valence-corrected chi connectivity index (χ1v) is 9.70. The lowest BCUT2D eigenvalue weighted by molar-refractivity contribution is 0.0671. The van der Waals surface area contributed by atoms with Crippen molar-refractivity contribution >= 4 is 16.6 Å². The summed E-state index contributed by atoms with van der Waals surface area (Å²) in [6.45, 7) is 7.97. The highest BCUT2D eigenvalue weighted by atomic mass is 16.5. The van der Waals surface area contributed by atoms with Crippen molar-refractivity contribution in [2.24, 2.45) is 0 Å². The summed E-state index contributed by atoms with van der Waals surface area (Å²) in [5, 5.41) is 11.1. The molecule has 140 valence electrons. The summed E-state index contributed by atoms with van der Waals surface area (Å²) in [7, 11) is 0. The molecule has 1 N–H and O–H groups in total. The van der Waals surface area contributed by atoms with Crippen LogP contribution >= 0.6 is 0 Å². The lowest BCUT2D eigenvalue weighted by Crippen LogP contribution is -2.52. The Morgan fingerprint density at radius 3 is 2.62 bits per heavy atom. The Hall–Kier alpha value is -1.92. The summed E-state index contributed by atoms with van der Waals surface area (Å²) < 4.78 is 5.86. The van der Waals surface area contributed by atoms with Crippen molar-refractivity contribution in [2.45, 2.75) is 51.4 Å². The third-order valence-corrected chi connectivity index (χ3v) is 5.52. The fourth-order valence-electron chi connectivity index (χ4n) is 4.19. The molecule has 1 saturated carbocycles. The molecule has 0 radical (unpaired) electrons. The van der Waals surface area contributed by atoms with Gasteiger partial charge in [-0.15, -0.1) is 0 Å². The number of aliphatic hydroxyl groups is 1. The summed E-state index contributed by atoms with van der Waals surface area (Å²) in [6.07, 6.45) is 4.73. The molecule has 6 heteroatoms. The van der Waals surface area contributed by atoms with Crippen molar-refractivity contribution in [1.82, 2.24) is 14.9 Å². The second-order valence-electron chi connectivity index (χ2n) is 7.64. The molecular formula is C20H28N4O2. The van der Waals surface area contributed by atoms with Gasteiger partial charge < -0.3 is 14.7 Å². The molecule has 1 aliphatic carbocycles. The number of benzene rings is 1. The van der Waals surface area contributed by atoms with Gasteiger partial charge in [-0.05, 0) is 51.3 Å². The predicted octanol–water partition coefficient (Wildman–Crippen LogP) is 2.45. The molecule has 1 aromatic carbocycles. The van der Waals surface area contributed by atoms with Crippen LogP contribution in [0.2, 0.25) is 0 Å². The second-order valence-corrected chi connectivity index (χ2v) is 7.64. The van der Waals surface area contributed by atoms with Crippen molar-refractivity contribution in [2.75, 3.05) is 31.1 Å². The zero-order valence-corrected chi connectivity index (χ0v) is 15.6. The Morgan fingerprint density at radius 1 is 1.12 bits per heavy atom. The molecule has 2 atom stereocenters. The van der Waals surface area contributed by atoms with Gasteiger partial charge in [0.2, 0.25) is 5.88 Å². The van der Waals surface area contributed by atoms with Crippen LogP contribution in [0.4, 0.5) is 5.69 Å². The van der Waals surface area contributed by atoms with Crippen molar-refractivity contribution in [3.63, 3.8) is 0 Å². The number of hydrogen-bond donors (Lipinski definition) is 1.